The Morgan fingerprint density at radius 3 is 3.06 bits per heavy atom. The third-order valence-corrected chi connectivity index (χ3v) is 3.89. The molecule has 4 rings (SSSR count). The maximum absolute atomic E-state index is 10.3. The second-order valence-electron chi connectivity index (χ2n) is 4.99. The van der Waals surface area contributed by atoms with Crippen LogP contribution in [0.15, 0.2) is 30.5 Å². The second kappa shape index (κ2) is 3.56. The summed E-state index contributed by atoms with van der Waals surface area (Å²) in [5.41, 5.74) is 4.23. The molecular weight excluding hydrogens is 224 g/mol. The van der Waals surface area contributed by atoms with Crippen LogP contribution in [0.25, 0.3) is 21.8 Å². The van der Waals surface area contributed by atoms with E-state index in [-0.39, 0.29) is 6.10 Å². The molecule has 0 radical (unpaired) electrons. The Bertz CT molecular complexity index is 745. The van der Waals surface area contributed by atoms with E-state index in [4.69, 9.17) is 0 Å². The lowest BCUT2D eigenvalue weighted by Crippen LogP contribution is -2.11. The van der Waals surface area contributed by atoms with Gasteiger partial charge in [0, 0.05) is 27.5 Å². The SMILES string of the molecule is OC1CCCc2ncc3[nH]c4ccccc4c3c21. The molecule has 1 aromatic carbocycles. The molecule has 90 valence electrons. The van der Waals surface area contributed by atoms with E-state index >= 15 is 0 Å². The minimum absolute atomic E-state index is 0.371. The maximum atomic E-state index is 10.3. The highest BCUT2D eigenvalue weighted by Gasteiger charge is 2.23. The van der Waals surface area contributed by atoms with Gasteiger partial charge in [0.2, 0.25) is 0 Å². The fraction of sp³-hybridized carbons (Fsp3) is 0.267. The van der Waals surface area contributed by atoms with Gasteiger partial charge < -0.3 is 10.1 Å². The summed E-state index contributed by atoms with van der Waals surface area (Å²) in [5.74, 6) is 0. The molecule has 18 heavy (non-hydrogen) atoms. The van der Waals surface area contributed by atoms with Crippen LogP contribution in [0, 0.1) is 0 Å². The van der Waals surface area contributed by atoms with E-state index in [9.17, 15) is 5.11 Å². The Labute approximate surface area is 104 Å². The molecule has 3 aromatic rings. The number of rotatable bonds is 0. The first kappa shape index (κ1) is 10.1. The highest BCUT2D eigenvalue weighted by molar-refractivity contribution is 6.09. The molecule has 0 spiro atoms. The van der Waals surface area contributed by atoms with Crippen molar-refractivity contribution >= 4 is 21.8 Å². The molecule has 2 N–H and O–H groups in total. The van der Waals surface area contributed by atoms with Crippen molar-refractivity contribution in [3.63, 3.8) is 0 Å². The lowest BCUT2D eigenvalue weighted by molar-refractivity contribution is 0.157. The van der Waals surface area contributed by atoms with Crippen LogP contribution in [0.5, 0.6) is 0 Å². The summed E-state index contributed by atoms with van der Waals surface area (Å²) in [4.78, 5) is 7.88. The first-order valence-electron chi connectivity index (χ1n) is 6.41. The number of H-pyrrole nitrogens is 1. The van der Waals surface area contributed by atoms with Crippen molar-refractivity contribution in [2.45, 2.75) is 25.4 Å². The van der Waals surface area contributed by atoms with Crippen molar-refractivity contribution in [1.29, 1.82) is 0 Å². The molecule has 0 saturated heterocycles. The number of benzene rings is 1. The number of aromatic nitrogens is 2. The first-order chi connectivity index (χ1) is 8.84. The predicted octanol–water partition coefficient (Wildman–Crippen LogP) is 3.09. The molecule has 1 atom stereocenters. The van der Waals surface area contributed by atoms with E-state index in [0.717, 1.165) is 46.9 Å². The average Bonchev–Trinajstić information content (AvgIpc) is 2.77. The molecular formula is C15H14N2O. The fourth-order valence-electron chi connectivity index (χ4n) is 3.07. The van der Waals surface area contributed by atoms with Gasteiger partial charge in [-0.25, -0.2) is 0 Å². The Morgan fingerprint density at radius 2 is 2.11 bits per heavy atom. The van der Waals surface area contributed by atoms with Crippen molar-refractivity contribution in [3.8, 4) is 0 Å². The third-order valence-electron chi connectivity index (χ3n) is 3.89. The van der Waals surface area contributed by atoms with Gasteiger partial charge in [0.05, 0.1) is 17.8 Å². The number of fused-ring (bicyclic) bond motifs is 5. The molecule has 0 saturated carbocycles. The number of nitrogens with zero attached hydrogens (tertiary/aromatic N) is 1. The zero-order chi connectivity index (χ0) is 12.1. The number of para-hydroxylation sites is 1. The standard InChI is InChI=1S/C15H14N2O/c18-13-7-3-6-11-15(13)14-9-4-1-2-5-10(9)17-12(14)8-16-11/h1-2,4-5,8,13,17-18H,3,6-7H2. The highest BCUT2D eigenvalue weighted by atomic mass is 16.3. The summed E-state index contributed by atoms with van der Waals surface area (Å²) < 4.78 is 0. The van der Waals surface area contributed by atoms with E-state index in [1.165, 1.54) is 5.39 Å². The number of nitrogens with one attached hydrogen (secondary N) is 1. The lowest BCUT2D eigenvalue weighted by atomic mass is 9.90. The van der Waals surface area contributed by atoms with Crippen LogP contribution in [0.1, 0.15) is 30.2 Å². The number of aliphatic hydroxyl groups is 1. The third kappa shape index (κ3) is 1.25. The Kier molecular flexibility index (Phi) is 2.00. The largest absolute Gasteiger partial charge is 0.388 e. The van der Waals surface area contributed by atoms with Crippen molar-refractivity contribution in [1.82, 2.24) is 9.97 Å². The highest BCUT2D eigenvalue weighted by Crippen LogP contribution is 2.37. The van der Waals surface area contributed by atoms with Crippen LogP contribution in [0.2, 0.25) is 0 Å². The molecule has 1 aliphatic rings. The van der Waals surface area contributed by atoms with Crippen LogP contribution in [-0.2, 0) is 6.42 Å². The minimum Gasteiger partial charge on any atom is -0.388 e. The van der Waals surface area contributed by atoms with E-state index < -0.39 is 0 Å². The molecule has 1 aliphatic carbocycles. The monoisotopic (exact) mass is 238 g/mol. The second-order valence-corrected chi connectivity index (χ2v) is 4.99. The summed E-state index contributed by atoms with van der Waals surface area (Å²) in [6.07, 6.45) is 4.36. The molecule has 2 heterocycles. The summed E-state index contributed by atoms with van der Waals surface area (Å²) >= 11 is 0. The van der Waals surface area contributed by atoms with Gasteiger partial charge in [0.15, 0.2) is 0 Å². The number of hydrogen-bond acceptors (Lipinski definition) is 2. The minimum atomic E-state index is -0.371. The van der Waals surface area contributed by atoms with Crippen LogP contribution in [0.3, 0.4) is 0 Å². The van der Waals surface area contributed by atoms with E-state index in [1.807, 2.05) is 18.3 Å². The number of hydrogen-bond donors (Lipinski definition) is 2. The average molecular weight is 238 g/mol. The van der Waals surface area contributed by atoms with Gasteiger partial charge in [-0.3, -0.25) is 4.98 Å². The van der Waals surface area contributed by atoms with Crippen molar-refractivity contribution in [2.75, 3.05) is 0 Å². The zero-order valence-electron chi connectivity index (χ0n) is 9.98. The maximum Gasteiger partial charge on any atom is 0.0814 e. The quantitative estimate of drug-likeness (QED) is 0.632. The van der Waals surface area contributed by atoms with Gasteiger partial charge in [-0.1, -0.05) is 18.2 Å². The molecule has 1 unspecified atom stereocenters. The molecule has 0 fully saturated rings. The molecule has 0 bridgehead atoms. The Morgan fingerprint density at radius 1 is 1.22 bits per heavy atom. The molecule has 3 heteroatoms. The van der Waals surface area contributed by atoms with E-state index in [2.05, 4.69) is 22.1 Å². The fourth-order valence-corrected chi connectivity index (χ4v) is 3.07. The molecule has 2 aromatic heterocycles. The van der Waals surface area contributed by atoms with Crippen molar-refractivity contribution < 1.29 is 5.11 Å². The van der Waals surface area contributed by atoms with Crippen LogP contribution in [-0.4, -0.2) is 15.1 Å². The van der Waals surface area contributed by atoms with Gasteiger partial charge in [0.25, 0.3) is 0 Å². The summed E-state index contributed by atoms with van der Waals surface area (Å²) in [6, 6.07) is 8.23. The number of aliphatic hydroxyl groups excluding tert-OH is 1. The van der Waals surface area contributed by atoms with E-state index in [1.54, 1.807) is 0 Å². The zero-order valence-corrected chi connectivity index (χ0v) is 9.98. The van der Waals surface area contributed by atoms with Gasteiger partial charge in [0.1, 0.15) is 0 Å². The van der Waals surface area contributed by atoms with Crippen LogP contribution < -0.4 is 0 Å². The molecule has 0 aliphatic heterocycles. The topological polar surface area (TPSA) is 48.9 Å². The summed E-state index contributed by atoms with van der Waals surface area (Å²) in [7, 11) is 0. The summed E-state index contributed by atoms with van der Waals surface area (Å²) in [6.45, 7) is 0. The Hall–Kier alpha value is -1.87. The molecule has 3 nitrogen and oxygen atoms in total. The Balaban J connectivity index is 2.20. The summed E-state index contributed by atoms with van der Waals surface area (Å²) in [5, 5.41) is 12.6. The van der Waals surface area contributed by atoms with Gasteiger partial charge in [-0.05, 0) is 25.3 Å². The normalized spacial score (nSPS) is 19.3. The predicted molar refractivity (Wildman–Crippen MR) is 71.5 cm³/mol. The smallest absolute Gasteiger partial charge is 0.0814 e. The van der Waals surface area contributed by atoms with Gasteiger partial charge >= 0.3 is 0 Å². The van der Waals surface area contributed by atoms with Crippen LogP contribution in [0.4, 0.5) is 0 Å². The van der Waals surface area contributed by atoms with E-state index in [0.29, 0.717) is 0 Å². The lowest BCUT2D eigenvalue weighted by Gasteiger charge is -2.21. The van der Waals surface area contributed by atoms with Crippen LogP contribution >= 0.6 is 0 Å². The number of pyridine rings is 1. The number of aryl methyl sites for hydroxylation is 1. The van der Waals surface area contributed by atoms with Crippen molar-refractivity contribution in [3.05, 3.63) is 41.7 Å². The van der Waals surface area contributed by atoms with Crippen molar-refractivity contribution in [2.24, 2.45) is 0 Å². The van der Waals surface area contributed by atoms with Gasteiger partial charge in [-0.2, -0.15) is 0 Å². The molecule has 0 amide bonds. The van der Waals surface area contributed by atoms with Gasteiger partial charge in [-0.15, -0.1) is 0 Å². The number of aromatic amines is 1. The first-order valence-corrected chi connectivity index (χ1v) is 6.41.